The molecule has 148 valence electrons. The summed E-state index contributed by atoms with van der Waals surface area (Å²) >= 11 is 7.53. The van der Waals surface area contributed by atoms with Crippen molar-refractivity contribution in [3.05, 3.63) is 106 Å². The second kappa shape index (κ2) is 7.37. The van der Waals surface area contributed by atoms with Crippen molar-refractivity contribution in [1.29, 1.82) is 0 Å². The summed E-state index contributed by atoms with van der Waals surface area (Å²) in [6.45, 7) is 0. The molecule has 0 aliphatic rings. The molecule has 5 aromatic carbocycles. The third-order valence-electron chi connectivity index (χ3n) is 5.83. The Morgan fingerprint density at radius 1 is 0.484 bits per heavy atom. The third-order valence-corrected chi connectivity index (χ3v) is 7.21. The molecule has 6 aromatic rings. The van der Waals surface area contributed by atoms with Crippen molar-refractivity contribution in [2.24, 2.45) is 0 Å². The molecule has 0 unspecified atom stereocenters. The number of hydrogen-bond acceptors (Lipinski definition) is 1. The van der Waals surface area contributed by atoms with Gasteiger partial charge < -0.3 is 4.42 Å². The average molecular weight is 528 g/mol. The Balaban J connectivity index is 1.91. The first kappa shape index (κ1) is 18.9. The molecule has 31 heavy (non-hydrogen) atoms. The van der Waals surface area contributed by atoms with E-state index in [-0.39, 0.29) is 0 Å². The van der Waals surface area contributed by atoms with Gasteiger partial charge in [0.05, 0.1) is 0 Å². The van der Waals surface area contributed by atoms with Crippen LogP contribution in [0.4, 0.5) is 0 Å². The largest absolute Gasteiger partial charge is 0.455 e. The zero-order chi connectivity index (χ0) is 20.9. The van der Waals surface area contributed by atoms with Crippen LogP contribution in [0.1, 0.15) is 0 Å². The minimum atomic E-state index is 0.871. The molecule has 0 atom stereocenters. The van der Waals surface area contributed by atoms with Gasteiger partial charge >= 0.3 is 0 Å². The van der Waals surface area contributed by atoms with E-state index in [1.165, 1.54) is 16.2 Å². The van der Waals surface area contributed by atoms with Crippen molar-refractivity contribution >= 4 is 64.4 Å². The molecule has 1 heterocycles. The maximum Gasteiger partial charge on any atom is 0.144 e. The molecular weight excluding hydrogens is 512 g/mol. The highest BCUT2D eigenvalue weighted by molar-refractivity contribution is 9.11. The van der Waals surface area contributed by atoms with Gasteiger partial charge in [0.15, 0.2) is 0 Å². The fourth-order valence-corrected chi connectivity index (χ4v) is 5.43. The van der Waals surface area contributed by atoms with E-state index < -0.39 is 0 Å². The lowest BCUT2D eigenvalue weighted by Crippen LogP contribution is -1.85. The number of halogens is 2. The van der Waals surface area contributed by atoms with E-state index in [4.69, 9.17) is 4.42 Å². The molecule has 0 fully saturated rings. The van der Waals surface area contributed by atoms with Gasteiger partial charge in [-0.25, -0.2) is 0 Å². The van der Waals surface area contributed by atoms with Crippen molar-refractivity contribution in [3.63, 3.8) is 0 Å². The van der Waals surface area contributed by atoms with Gasteiger partial charge in [0, 0.05) is 36.4 Å². The van der Waals surface area contributed by atoms with E-state index in [0.29, 0.717) is 0 Å². The van der Waals surface area contributed by atoms with E-state index in [2.05, 4.69) is 111 Å². The highest BCUT2D eigenvalue weighted by Gasteiger charge is 2.24. The molecule has 0 amide bonds. The normalized spacial score (nSPS) is 11.5. The Labute approximate surface area is 196 Å². The molecule has 1 aromatic heterocycles. The first-order valence-corrected chi connectivity index (χ1v) is 11.7. The highest BCUT2D eigenvalue weighted by atomic mass is 79.9. The van der Waals surface area contributed by atoms with Crippen LogP contribution in [-0.4, -0.2) is 0 Å². The van der Waals surface area contributed by atoms with Crippen molar-refractivity contribution in [3.8, 4) is 22.5 Å². The van der Waals surface area contributed by atoms with Crippen LogP contribution < -0.4 is 0 Å². The quantitative estimate of drug-likeness (QED) is 0.204. The van der Waals surface area contributed by atoms with Gasteiger partial charge in [-0.1, -0.05) is 117 Å². The van der Waals surface area contributed by atoms with Crippen molar-refractivity contribution in [2.45, 2.75) is 0 Å². The number of hydrogen-bond donors (Lipinski definition) is 0. The van der Waals surface area contributed by atoms with Crippen LogP contribution >= 0.6 is 31.9 Å². The summed E-state index contributed by atoms with van der Waals surface area (Å²) in [5.41, 5.74) is 4.19. The molecule has 1 nitrogen and oxygen atoms in total. The van der Waals surface area contributed by atoms with Crippen molar-refractivity contribution in [1.82, 2.24) is 0 Å². The average Bonchev–Trinajstić information content (AvgIpc) is 3.20. The first-order valence-electron chi connectivity index (χ1n) is 10.1. The molecule has 0 aliphatic carbocycles. The molecule has 6 rings (SSSR count). The molecule has 0 saturated carbocycles. The number of benzene rings is 5. The number of furan rings is 1. The fraction of sp³-hybridized carbons (Fsp3) is 0. The smallest absolute Gasteiger partial charge is 0.144 e. The zero-order valence-corrected chi connectivity index (χ0v) is 19.6. The SMILES string of the molecule is Brc1ccccc1-c1oc2c3ccccc3c3ccccc3c2c1-c1ccccc1Br. The van der Waals surface area contributed by atoms with Crippen LogP contribution in [0, 0.1) is 0 Å². The van der Waals surface area contributed by atoms with Gasteiger partial charge in [-0.05, 0) is 28.3 Å². The zero-order valence-electron chi connectivity index (χ0n) is 16.4. The molecule has 0 aliphatic heterocycles. The summed E-state index contributed by atoms with van der Waals surface area (Å²) in [6.07, 6.45) is 0. The van der Waals surface area contributed by atoms with E-state index in [1.807, 2.05) is 18.2 Å². The lowest BCUT2D eigenvalue weighted by Gasteiger charge is -2.10. The van der Waals surface area contributed by atoms with Crippen LogP contribution in [0.25, 0.3) is 55.0 Å². The number of rotatable bonds is 2. The van der Waals surface area contributed by atoms with Crippen LogP contribution in [0.15, 0.2) is 110 Å². The Kier molecular flexibility index (Phi) is 4.48. The number of fused-ring (bicyclic) bond motifs is 6. The first-order chi connectivity index (χ1) is 15.2. The van der Waals surface area contributed by atoms with E-state index in [1.54, 1.807) is 0 Å². The monoisotopic (exact) mass is 526 g/mol. The molecule has 0 N–H and O–H groups in total. The topological polar surface area (TPSA) is 13.1 Å². The Bertz CT molecular complexity index is 1610. The van der Waals surface area contributed by atoms with E-state index in [0.717, 1.165) is 47.8 Å². The lowest BCUT2D eigenvalue weighted by atomic mass is 9.92. The Morgan fingerprint density at radius 2 is 0.968 bits per heavy atom. The predicted octanol–water partition coefficient (Wildman–Crippen LogP) is 9.60. The van der Waals surface area contributed by atoms with Gasteiger partial charge in [-0.3, -0.25) is 0 Å². The van der Waals surface area contributed by atoms with Gasteiger partial charge in [0.25, 0.3) is 0 Å². The maximum atomic E-state index is 6.75. The van der Waals surface area contributed by atoms with Crippen molar-refractivity contribution in [2.75, 3.05) is 0 Å². The fourth-order valence-electron chi connectivity index (χ4n) is 4.49. The third kappa shape index (κ3) is 2.88. The second-order valence-corrected chi connectivity index (χ2v) is 9.27. The van der Waals surface area contributed by atoms with Gasteiger partial charge in [0.1, 0.15) is 11.3 Å². The van der Waals surface area contributed by atoms with Crippen LogP contribution in [0.2, 0.25) is 0 Å². The van der Waals surface area contributed by atoms with E-state index in [9.17, 15) is 0 Å². The van der Waals surface area contributed by atoms with Crippen LogP contribution in [-0.2, 0) is 0 Å². The minimum absolute atomic E-state index is 0.871. The Hall–Kier alpha value is -2.88. The molecule has 0 saturated heterocycles. The highest BCUT2D eigenvalue weighted by Crippen LogP contribution is 2.49. The molecular formula is C28H16Br2O. The standard InChI is InChI=1S/C28H16Br2O/c29-23-15-7-5-13-21(23)26-25-19-11-3-1-9-17(19)18-10-2-4-12-20(18)27(25)31-28(26)22-14-6-8-16-24(22)30/h1-16H. The van der Waals surface area contributed by atoms with Gasteiger partial charge in [0.2, 0.25) is 0 Å². The second-order valence-electron chi connectivity index (χ2n) is 7.56. The van der Waals surface area contributed by atoms with E-state index >= 15 is 0 Å². The summed E-state index contributed by atoms with van der Waals surface area (Å²) < 4.78 is 8.80. The summed E-state index contributed by atoms with van der Waals surface area (Å²) in [5, 5.41) is 5.91. The lowest BCUT2D eigenvalue weighted by molar-refractivity contribution is 0.635. The summed E-state index contributed by atoms with van der Waals surface area (Å²) in [6, 6.07) is 33.7. The minimum Gasteiger partial charge on any atom is -0.455 e. The van der Waals surface area contributed by atoms with Gasteiger partial charge in [-0.2, -0.15) is 0 Å². The predicted molar refractivity (Wildman–Crippen MR) is 137 cm³/mol. The molecule has 0 spiro atoms. The molecule has 0 bridgehead atoms. The van der Waals surface area contributed by atoms with Crippen molar-refractivity contribution < 1.29 is 4.42 Å². The summed E-state index contributed by atoms with van der Waals surface area (Å²) in [5.74, 6) is 0.871. The summed E-state index contributed by atoms with van der Waals surface area (Å²) in [4.78, 5) is 0. The maximum absolute atomic E-state index is 6.75. The van der Waals surface area contributed by atoms with Crippen LogP contribution in [0.5, 0.6) is 0 Å². The molecule has 0 radical (unpaired) electrons. The Morgan fingerprint density at radius 3 is 1.61 bits per heavy atom. The summed E-state index contributed by atoms with van der Waals surface area (Å²) in [7, 11) is 0. The molecule has 3 heteroatoms. The van der Waals surface area contributed by atoms with Gasteiger partial charge in [-0.15, -0.1) is 0 Å². The van der Waals surface area contributed by atoms with Crippen LogP contribution in [0.3, 0.4) is 0 Å².